The van der Waals surface area contributed by atoms with Crippen molar-refractivity contribution in [1.82, 2.24) is 5.32 Å². The molecule has 1 rings (SSSR count). The summed E-state index contributed by atoms with van der Waals surface area (Å²) in [4.78, 5) is 10.9. The Morgan fingerprint density at radius 3 is 2.79 bits per heavy atom. The van der Waals surface area contributed by atoms with Gasteiger partial charge in [0.25, 0.3) is 0 Å². The van der Waals surface area contributed by atoms with E-state index >= 15 is 0 Å². The minimum absolute atomic E-state index is 0.184. The van der Waals surface area contributed by atoms with Gasteiger partial charge in [-0.05, 0) is 18.6 Å². The van der Waals surface area contributed by atoms with Gasteiger partial charge in [0.15, 0.2) is 0 Å². The number of carbonyl (C=O) groups is 1. The van der Waals surface area contributed by atoms with Crippen LogP contribution in [0.25, 0.3) is 0 Å². The number of amides is 1. The Balaban J connectivity index is 2.63. The van der Waals surface area contributed by atoms with Gasteiger partial charge in [-0.15, -0.1) is 0 Å². The average molecular weight is 268 g/mol. The molecule has 0 aliphatic heterocycles. The van der Waals surface area contributed by atoms with E-state index in [1.54, 1.807) is 13.2 Å². The Bertz CT molecular complexity index is 418. The molecular formula is C14H21FN2O2. The zero-order chi connectivity index (χ0) is 14.3. The summed E-state index contributed by atoms with van der Waals surface area (Å²) in [5.74, 6) is -1.04. The highest BCUT2D eigenvalue weighted by molar-refractivity contribution is 5.92. The van der Waals surface area contributed by atoms with Crippen LogP contribution in [0.1, 0.15) is 35.7 Å². The third kappa shape index (κ3) is 4.96. The van der Waals surface area contributed by atoms with Crippen molar-refractivity contribution in [1.29, 1.82) is 0 Å². The van der Waals surface area contributed by atoms with E-state index in [9.17, 15) is 9.18 Å². The van der Waals surface area contributed by atoms with Gasteiger partial charge in [0, 0.05) is 30.8 Å². The van der Waals surface area contributed by atoms with Gasteiger partial charge in [-0.2, -0.15) is 0 Å². The standard InChI is InChI=1S/C14H21FN2O2/c1-3-4-12(9-19-2)17-8-11-6-5-10(14(16)18)7-13(11)15/h5-7,12,17H,3-4,8-9H2,1-2H3,(H2,16,18). The lowest BCUT2D eigenvalue weighted by Gasteiger charge is -2.17. The van der Waals surface area contributed by atoms with Crippen LogP contribution in [0.2, 0.25) is 0 Å². The van der Waals surface area contributed by atoms with Crippen molar-refractivity contribution in [3.63, 3.8) is 0 Å². The van der Waals surface area contributed by atoms with Crippen LogP contribution in [-0.2, 0) is 11.3 Å². The summed E-state index contributed by atoms with van der Waals surface area (Å²) in [6, 6.07) is 4.49. The van der Waals surface area contributed by atoms with Crippen LogP contribution in [0, 0.1) is 5.82 Å². The van der Waals surface area contributed by atoms with E-state index in [1.807, 2.05) is 0 Å². The lowest BCUT2D eigenvalue weighted by molar-refractivity contribution is 0.1000. The number of halogens is 1. The number of carbonyl (C=O) groups excluding carboxylic acids is 1. The fourth-order valence-corrected chi connectivity index (χ4v) is 1.89. The summed E-state index contributed by atoms with van der Waals surface area (Å²) in [6.45, 7) is 3.08. The molecule has 1 amide bonds. The summed E-state index contributed by atoms with van der Waals surface area (Å²) in [5.41, 5.74) is 5.80. The molecular weight excluding hydrogens is 247 g/mol. The average Bonchev–Trinajstić information content (AvgIpc) is 2.37. The van der Waals surface area contributed by atoms with E-state index in [0.29, 0.717) is 18.7 Å². The van der Waals surface area contributed by atoms with E-state index < -0.39 is 11.7 Å². The minimum Gasteiger partial charge on any atom is -0.383 e. The summed E-state index contributed by atoms with van der Waals surface area (Å²) in [6.07, 6.45) is 2.00. The van der Waals surface area contributed by atoms with Crippen molar-refractivity contribution in [3.8, 4) is 0 Å². The quantitative estimate of drug-likeness (QED) is 0.756. The van der Waals surface area contributed by atoms with Crippen LogP contribution < -0.4 is 11.1 Å². The molecule has 0 bridgehead atoms. The number of methoxy groups -OCH3 is 1. The van der Waals surface area contributed by atoms with Gasteiger partial charge in [0.2, 0.25) is 5.91 Å². The Morgan fingerprint density at radius 2 is 2.26 bits per heavy atom. The highest BCUT2D eigenvalue weighted by Gasteiger charge is 2.10. The molecule has 19 heavy (non-hydrogen) atoms. The maximum atomic E-state index is 13.8. The molecule has 4 nitrogen and oxygen atoms in total. The lowest BCUT2D eigenvalue weighted by Crippen LogP contribution is -2.32. The van der Waals surface area contributed by atoms with Crippen LogP contribution in [0.15, 0.2) is 18.2 Å². The topological polar surface area (TPSA) is 64.3 Å². The molecule has 1 unspecified atom stereocenters. The molecule has 0 aliphatic rings. The predicted molar refractivity (Wildman–Crippen MR) is 72.3 cm³/mol. The van der Waals surface area contributed by atoms with Crippen molar-refractivity contribution in [3.05, 3.63) is 35.1 Å². The van der Waals surface area contributed by atoms with Gasteiger partial charge < -0.3 is 15.8 Å². The molecule has 0 aliphatic carbocycles. The molecule has 0 aromatic heterocycles. The van der Waals surface area contributed by atoms with E-state index in [4.69, 9.17) is 10.5 Å². The fourth-order valence-electron chi connectivity index (χ4n) is 1.89. The second-order valence-corrected chi connectivity index (χ2v) is 4.49. The molecule has 0 saturated carbocycles. The minimum atomic E-state index is -0.623. The smallest absolute Gasteiger partial charge is 0.248 e. The number of nitrogens with two attached hydrogens (primary N) is 1. The zero-order valence-electron chi connectivity index (χ0n) is 11.4. The Hall–Kier alpha value is -1.46. The normalized spacial score (nSPS) is 12.4. The molecule has 1 atom stereocenters. The van der Waals surface area contributed by atoms with Crippen molar-refractivity contribution in [2.45, 2.75) is 32.4 Å². The highest BCUT2D eigenvalue weighted by Crippen LogP contribution is 2.11. The summed E-state index contributed by atoms with van der Waals surface area (Å²) in [7, 11) is 1.65. The fraction of sp³-hybridized carbons (Fsp3) is 0.500. The maximum Gasteiger partial charge on any atom is 0.248 e. The molecule has 1 aromatic carbocycles. The summed E-state index contributed by atoms with van der Waals surface area (Å²) >= 11 is 0. The number of primary amides is 1. The summed E-state index contributed by atoms with van der Waals surface area (Å²) < 4.78 is 18.9. The number of hydrogen-bond donors (Lipinski definition) is 2. The third-order valence-corrected chi connectivity index (χ3v) is 2.92. The molecule has 0 spiro atoms. The van der Waals surface area contributed by atoms with Crippen molar-refractivity contribution < 1.29 is 13.9 Å². The van der Waals surface area contributed by atoms with Gasteiger partial charge in [-0.3, -0.25) is 4.79 Å². The van der Waals surface area contributed by atoms with Crippen molar-refractivity contribution in [2.75, 3.05) is 13.7 Å². The largest absolute Gasteiger partial charge is 0.383 e. The maximum absolute atomic E-state index is 13.8. The highest BCUT2D eigenvalue weighted by atomic mass is 19.1. The number of rotatable bonds is 8. The SMILES string of the molecule is CCCC(COC)NCc1ccc(C(N)=O)cc1F. The first kappa shape index (κ1) is 15.6. The number of ether oxygens (including phenoxy) is 1. The van der Waals surface area contributed by atoms with Gasteiger partial charge in [0.05, 0.1) is 6.61 Å². The van der Waals surface area contributed by atoms with E-state index in [1.165, 1.54) is 12.1 Å². The van der Waals surface area contributed by atoms with Crippen LogP contribution >= 0.6 is 0 Å². The first-order valence-electron chi connectivity index (χ1n) is 6.39. The monoisotopic (exact) mass is 268 g/mol. The second kappa shape index (κ2) is 7.86. The molecule has 0 saturated heterocycles. The summed E-state index contributed by atoms with van der Waals surface area (Å²) in [5, 5.41) is 3.25. The molecule has 0 heterocycles. The third-order valence-electron chi connectivity index (χ3n) is 2.92. The lowest BCUT2D eigenvalue weighted by atomic mass is 10.1. The molecule has 5 heteroatoms. The molecule has 1 aromatic rings. The van der Waals surface area contributed by atoms with Gasteiger partial charge >= 0.3 is 0 Å². The van der Waals surface area contributed by atoms with Gasteiger partial charge in [-0.1, -0.05) is 19.4 Å². The van der Waals surface area contributed by atoms with Crippen molar-refractivity contribution in [2.24, 2.45) is 5.73 Å². The second-order valence-electron chi connectivity index (χ2n) is 4.49. The molecule has 3 N–H and O–H groups in total. The first-order chi connectivity index (χ1) is 9.08. The molecule has 0 fully saturated rings. The first-order valence-corrected chi connectivity index (χ1v) is 6.39. The molecule has 106 valence electrons. The van der Waals surface area contributed by atoms with Gasteiger partial charge in [-0.25, -0.2) is 4.39 Å². The number of hydrogen-bond acceptors (Lipinski definition) is 3. The van der Waals surface area contributed by atoms with Crippen molar-refractivity contribution >= 4 is 5.91 Å². The van der Waals surface area contributed by atoms with Crippen LogP contribution in [0.5, 0.6) is 0 Å². The Morgan fingerprint density at radius 1 is 1.53 bits per heavy atom. The number of nitrogens with one attached hydrogen (secondary N) is 1. The Labute approximate surface area is 113 Å². The van der Waals surface area contributed by atoms with E-state index in [0.717, 1.165) is 12.8 Å². The van der Waals surface area contributed by atoms with E-state index in [2.05, 4.69) is 12.2 Å². The predicted octanol–water partition coefficient (Wildman–Crippen LogP) is 1.83. The number of benzene rings is 1. The van der Waals surface area contributed by atoms with Crippen LogP contribution in [0.4, 0.5) is 4.39 Å². The molecule has 0 radical (unpaired) electrons. The van der Waals surface area contributed by atoms with Crippen LogP contribution in [-0.4, -0.2) is 25.7 Å². The zero-order valence-corrected chi connectivity index (χ0v) is 11.4. The van der Waals surface area contributed by atoms with Crippen LogP contribution in [0.3, 0.4) is 0 Å². The van der Waals surface area contributed by atoms with Gasteiger partial charge in [0.1, 0.15) is 5.82 Å². The Kier molecular flexibility index (Phi) is 6.45. The van der Waals surface area contributed by atoms with E-state index in [-0.39, 0.29) is 11.6 Å².